The average molecular weight is 289 g/mol. The van der Waals surface area contributed by atoms with Crippen molar-refractivity contribution in [1.29, 1.82) is 0 Å². The van der Waals surface area contributed by atoms with E-state index in [1.807, 2.05) is 20.8 Å². The summed E-state index contributed by atoms with van der Waals surface area (Å²) in [5, 5.41) is 13.4. The number of benzene rings is 1. The van der Waals surface area contributed by atoms with Gasteiger partial charge in [0.25, 0.3) is 0 Å². The Labute approximate surface area is 118 Å². The van der Waals surface area contributed by atoms with Gasteiger partial charge in [-0.05, 0) is 39.3 Å². The molecule has 1 aromatic carbocycles. The van der Waals surface area contributed by atoms with Gasteiger partial charge in [-0.15, -0.1) is 0 Å². The second-order valence-corrected chi connectivity index (χ2v) is 6.48. The molecule has 0 aliphatic carbocycles. The van der Waals surface area contributed by atoms with E-state index in [0.29, 0.717) is 12.1 Å². The summed E-state index contributed by atoms with van der Waals surface area (Å²) in [6, 6.07) is 5.09. The Morgan fingerprint density at radius 1 is 1.10 bits per heavy atom. The molecule has 0 fully saturated rings. The van der Waals surface area contributed by atoms with Crippen LogP contribution in [0.5, 0.6) is 0 Å². The van der Waals surface area contributed by atoms with Crippen LogP contribution in [0.1, 0.15) is 38.8 Å². The van der Waals surface area contributed by atoms with Gasteiger partial charge in [0.15, 0.2) is 0 Å². The van der Waals surface area contributed by atoms with Crippen LogP contribution in [0.2, 0.25) is 0 Å². The molecule has 0 bridgehead atoms. The average Bonchev–Trinajstić information content (AvgIpc) is 2.24. The Balaban J connectivity index is 2.77. The van der Waals surface area contributed by atoms with Crippen LogP contribution in [0.25, 0.3) is 0 Å². The van der Waals surface area contributed by atoms with Crippen LogP contribution in [0.4, 0.5) is 13.2 Å². The minimum absolute atomic E-state index is 0.155. The number of aliphatic hydroxyl groups is 1. The number of nitrogens with one attached hydrogen (secondary N) is 1. The van der Waals surface area contributed by atoms with Crippen molar-refractivity contribution in [2.24, 2.45) is 0 Å². The maximum Gasteiger partial charge on any atom is 0.416 e. The third-order valence-electron chi connectivity index (χ3n) is 2.84. The summed E-state index contributed by atoms with van der Waals surface area (Å²) in [6.45, 7) is 7.83. The third kappa shape index (κ3) is 5.92. The number of hydrogen-bond acceptors (Lipinski definition) is 2. The van der Waals surface area contributed by atoms with Crippen molar-refractivity contribution in [3.05, 3.63) is 35.4 Å². The van der Waals surface area contributed by atoms with Crippen molar-refractivity contribution in [3.63, 3.8) is 0 Å². The molecule has 5 heteroatoms. The Kier molecular flexibility index (Phi) is 4.87. The standard InChI is InChI=1S/C15H22F3NO/c1-13(2,3)19-10-14(4,20)9-11-6-5-7-12(8-11)15(16,17)18/h5-8,19-20H,9-10H2,1-4H3. The zero-order valence-corrected chi connectivity index (χ0v) is 12.3. The summed E-state index contributed by atoms with van der Waals surface area (Å²) in [7, 11) is 0. The highest BCUT2D eigenvalue weighted by molar-refractivity contribution is 5.26. The Morgan fingerprint density at radius 2 is 1.70 bits per heavy atom. The molecule has 2 nitrogen and oxygen atoms in total. The van der Waals surface area contributed by atoms with E-state index in [0.717, 1.165) is 12.1 Å². The minimum atomic E-state index is -4.36. The fourth-order valence-electron chi connectivity index (χ4n) is 1.82. The van der Waals surface area contributed by atoms with E-state index in [2.05, 4.69) is 5.32 Å². The lowest BCUT2D eigenvalue weighted by Crippen LogP contribution is -2.47. The molecular formula is C15H22F3NO. The van der Waals surface area contributed by atoms with Gasteiger partial charge < -0.3 is 10.4 Å². The van der Waals surface area contributed by atoms with Crippen LogP contribution in [-0.2, 0) is 12.6 Å². The van der Waals surface area contributed by atoms with E-state index in [1.54, 1.807) is 13.0 Å². The molecule has 0 aliphatic rings. The van der Waals surface area contributed by atoms with Crippen LogP contribution in [0, 0.1) is 0 Å². The van der Waals surface area contributed by atoms with Crippen LogP contribution >= 0.6 is 0 Å². The number of hydrogen-bond donors (Lipinski definition) is 2. The molecule has 1 aromatic rings. The number of halogens is 3. The summed E-state index contributed by atoms with van der Waals surface area (Å²) in [5.41, 5.74) is -1.47. The Morgan fingerprint density at radius 3 is 2.20 bits per heavy atom. The van der Waals surface area contributed by atoms with Gasteiger partial charge in [-0.25, -0.2) is 0 Å². The van der Waals surface area contributed by atoms with Gasteiger partial charge >= 0.3 is 6.18 Å². The van der Waals surface area contributed by atoms with Gasteiger partial charge in [0.05, 0.1) is 11.2 Å². The lowest BCUT2D eigenvalue weighted by Gasteiger charge is -2.29. The molecule has 0 aromatic heterocycles. The van der Waals surface area contributed by atoms with Crippen molar-refractivity contribution >= 4 is 0 Å². The van der Waals surface area contributed by atoms with E-state index >= 15 is 0 Å². The molecule has 0 saturated heterocycles. The van der Waals surface area contributed by atoms with E-state index in [9.17, 15) is 18.3 Å². The second-order valence-electron chi connectivity index (χ2n) is 6.48. The highest BCUT2D eigenvalue weighted by atomic mass is 19.4. The first-order valence-corrected chi connectivity index (χ1v) is 6.53. The largest absolute Gasteiger partial charge is 0.416 e. The SMILES string of the molecule is CC(O)(CNC(C)(C)C)Cc1cccc(C(F)(F)F)c1. The molecule has 0 amide bonds. The molecule has 0 heterocycles. The molecule has 114 valence electrons. The first-order chi connectivity index (χ1) is 8.89. The fraction of sp³-hybridized carbons (Fsp3) is 0.600. The Bertz CT molecular complexity index is 447. The summed E-state index contributed by atoms with van der Waals surface area (Å²) in [5.74, 6) is 0. The van der Waals surface area contributed by atoms with E-state index < -0.39 is 17.3 Å². The van der Waals surface area contributed by atoms with Crippen molar-refractivity contribution in [3.8, 4) is 0 Å². The number of alkyl halides is 3. The van der Waals surface area contributed by atoms with Crippen LogP contribution in [0.3, 0.4) is 0 Å². The Hall–Kier alpha value is -1.07. The monoisotopic (exact) mass is 289 g/mol. The maximum atomic E-state index is 12.6. The lowest BCUT2D eigenvalue weighted by atomic mass is 9.94. The van der Waals surface area contributed by atoms with Gasteiger partial charge in [0, 0.05) is 18.5 Å². The topological polar surface area (TPSA) is 32.3 Å². The highest BCUT2D eigenvalue weighted by Crippen LogP contribution is 2.30. The van der Waals surface area contributed by atoms with Gasteiger partial charge in [-0.3, -0.25) is 0 Å². The minimum Gasteiger partial charge on any atom is -0.389 e. The quantitative estimate of drug-likeness (QED) is 0.890. The predicted molar refractivity (Wildman–Crippen MR) is 73.5 cm³/mol. The zero-order chi connectivity index (χ0) is 15.6. The van der Waals surface area contributed by atoms with Crippen molar-refractivity contribution in [2.45, 2.75) is 51.4 Å². The molecule has 1 atom stereocenters. The fourth-order valence-corrected chi connectivity index (χ4v) is 1.82. The van der Waals surface area contributed by atoms with Crippen LogP contribution < -0.4 is 5.32 Å². The number of β-amino-alcohol motifs (C(OH)–C–C–N with tert-alkyl or cyclic N) is 1. The molecule has 0 radical (unpaired) electrons. The molecule has 0 saturated carbocycles. The predicted octanol–water partition coefficient (Wildman–Crippen LogP) is 3.39. The van der Waals surface area contributed by atoms with Gasteiger partial charge in [-0.2, -0.15) is 13.2 Å². The molecule has 0 aliphatic heterocycles. The van der Waals surface area contributed by atoms with Gasteiger partial charge in [0.2, 0.25) is 0 Å². The summed E-state index contributed by atoms with van der Waals surface area (Å²) >= 11 is 0. The van der Waals surface area contributed by atoms with Crippen molar-refractivity contribution < 1.29 is 18.3 Å². The number of rotatable bonds is 4. The zero-order valence-electron chi connectivity index (χ0n) is 12.3. The van der Waals surface area contributed by atoms with Crippen molar-refractivity contribution in [2.75, 3.05) is 6.54 Å². The van der Waals surface area contributed by atoms with Crippen LogP contribution in [-0.4, -0.2) is 22.8 Å². The first kappa shape index (κ1) is 17.0. The second kappa shape index (κ2) is 5.74. The molecule has 20 heavy (non-hydrogen) atoms. The van der Waals surface area contributed by atoms with E-state index in [-0.39, 0.29) is 12.0 Å². The summed E-state index contributed by atoms with van der Waals surface area (Å²) < 4.78 is 37.9. The highest BCUT2D eigenvalue weighted by Gasteiger charge is 2.31. The normalized spacial score (nSPS) is 16.0. The summed E-state index contributed by atoms with van der Waals surface area (Å²) in [4.78, 5) is 0. The summed E-state index contributed by atoms with van der Waals surface area (Å²) in [6.07, 6.45) is -4.19. The molecular weight excluding hydrogens is 267 g/mol. The van der Waals surface area contributed by atoms with E-state index in [4.69, 9.17) is 0 Å². The third-order valence-corrected chi connectivity index (χ3v) is 2.84. The van der Waals surface area contributed by atoms with E-state index in [1.165, 1.54) is 6.07 Å². The first-order valence-electron chi connectivity index (χ1n) is 6.53. The molecule has 0 spiro atoms. The lowest BCUT2D eigenvalue weighted by molar-refractivity contribution is -0.137. The van der Waals surface area contributed by atoms with Gasteiger partial charge in [-0.1, -0.05) is 18.2 Å². The smallest absolute Gasteiger partial charge is 0.389 e. The molecule has 2 N–H and O–H groups in total. The van der Waals surface area contributed by atoms with Crippen LogP contribution in [0.15, 0.2) is 24.3 Å². The molecule has 1 rings (SSSR count). The van der Waals surface area contributed by atoms with Gasteiger partial charge in [0.1, 0.15) is 0 Å². The maximum absolute atomic E-state index is 12.6. The van der Waals surface area contributed by atoms with Crippen molar-refractivity contribution in [1.82, 2.24) is 5.32 Å². The molecule has 1 unspecified atom stereocenters.